The van der Waals surface area contributed by atoms with Crippen molar-refractivity contribution in [3.63, 3.8) is 0 Å². The van der Waals surface area contributed by atoms with Gasteiger partial charge in [-0.1, -0.05) is 36.4 Å². The molecule has 1 aliphatic rings. The number of alkyl halides is 3. The minimum atomic E-state index is -4.38. The molecular weight excluding hydrogens is 457 g/mol. The van der Waals surface area contributed by atoms with Gasteiger partial charge in [-0.3, -0.25) is 9.59 Å². The second kappa shape index (κ2) is 8.61. The van der Waals surface area contributed by atoms with E-state index in [0.717, 1.165) is 41.4 Å². The van der Waals surface area contributed by atoms with E-state index in [1.165, 1.54) is 12.1 Å². The highest BCUT2D eigenvalue weighted by Gasteiger charge is 2.46. The molecule has 0 atom stereocenters. The van der Waals surface area contributed by atoms with Crippen LogP contribution in [0.5, 0.6) is 5.75 Å². The Kier molecular flexibility index (Phi) is 5.59. The molecule has 1 saturated carbocycles. The zero-order valence-electron chi connectivity index (χ0n) is 18.5. The number of benzene rings is 3. The van der Waals surface area contributed by atoms with Gasteiger partial charge in [0.2, 0.25) is 0 Å². The Morgan fingerprint density at radius 1 is 1.00 bits per heavy atom. The molecule has 0 radical (unpaired) electrons. The first-order valence-corrected chi connectivity index (χ1v) is 11.1. The van der Waals surface area contributed by atoms with Gasteiger partial charge >= 0.3 is 6.18 Å². The van der Waals surface area contributed by atoms with Crippen LogP contribution in [0.1, 0.15) is 39.9 Å². The summed E-state index contributed by atoms with van der Waals surface area (Å²) in [5.41, 5.74) is 1.66. The fraction of sp³-hybridized carbons (Fsp3) is 0.185. The van der Waals surface area contributed by atoms with Gasteiger partial charge in [0.1, 0.15) is 5.75 Å². The van der Waals surface area contributed by atoms with E-state index in [1.54, 1.807) is 18.2 Å². The zero-order valence-corrected chi connectivity index (χ0v) is 18.5. The van der Waals surface area contributed by atoms with Gasteiger partial charge in [-0.05, 0) is 60.4 Å². The molecule has 1 heterocycles. The van der Waals surface area contributed by atoms with Crippen molar-refractivity contribution >= 4 is 23.3 Å². The van der Waals surface area contributed by atoms with Gasteiger partial charge in [0.15, 0.2) is 0 Å². The maximum absolute atomic E-state index is 13.4. The zero-order chi connectivity index (χ0) is 24.6. The first-order valence-electron chi connectivity index (χ1n) is 11.1. The third kappa shape index (κ3) is 4.51. The molecule has 5 nitrogen and oxygen atoms in total. The largest absolute Gasteiger partial charge is 0.429 e. The molecule has 4 aromatic rings. The Morgan fingerprint density at radius 3 is 2.34 bits per heavy atom. The lowest BCUT2D eigenvalue weighted by molar-refractivity contribution is -0.137. The van der Waals surface area contributed by atoms with Gasteiger partial charge in [-0.2, -0.15) is 13.2 Å². The Morgan fingerprint density at radius 2 is 1.71 bits per heavy atom. The van der Waals surface area contributed by atoms with E-state index in [9.17, 15) is 22.8 Å². The van der Waals surface area contributed by atoms with E-state index in [1.807, 2.05) is 41.1 Å². The molecule has 0 bridgehead atoms. The molecule has 1 N–H and O–H groups in total. The van der Waals surface area contributed by atoms with Crippen LogP contribution in [0, 0.1) is 0 Å². The number of ether oxygens (including phenoxy) is 1. The molecule has 0 saturated heterocycles. The summed E-state index contributed by atoms with van der Waals surface area (Å²) in [6, 6.07) is 19.4. The lowest BCUT2D eigenvalue weighted by Gasteiger charge is -2.19. The molecule has 1 aliphatic carbocycles. The summed E-state index contributed by atoms with van der Waals surface area (Å²) in [7, 11) is 0. The highest BCUT2D eigenvalue weighted by atomic mass is 19.4. The lowest BCUT2D eigenvalue weighted by atomic mass is 10.0. The van der Waals surface area contributed by atoms with Gasteiger partial charge in [-0.25, -0.2) is 0 Å². The number of para-hydroxylation sites is 1. The summed E-state index contributed by atoms with van der Waals surface area (Å²) < 4.78 is 45.4. The predicted octanol–water partition coefficient (Wildman–Crippen LogP) is 5.66. The van der Waals surface area contributed by atoms with Gasteiger partial charge in [0.05, 0.1) is 22.2 Å². The van der Waals surface area contributed by atoms with Crippen LogP contribution in [0.3, 0.4) is 0 Å². The third-order valence-electron chi connectivity index (χ3n) is 6.36. The highest BCUT2D eigenvalue weighted by Crippen LogP contribution is 2.46. The number of carbonyl (C=O) groups is 2. The molecule has 0 aliphatic heterocycles. The Balaban J connectivity index is 1.40. The Bertz CT molecular complexity index is 1390. The van der Waals surface area contributed by atoms with E-state index in [4.69, 9.17) is 4.74 Å². The van der Waals surface area contributed by atoms with Crippen LogP contribution in [0.15, 0.2) is 79.0 Å². The quantitative estimate of drug-likeness (QED) is 0.349. The van der Waals surface area contributed by atoms with E-state index in [0.29, 0.717) is 29.9 Å². The van der Waals surface area contributed by atoms with Crippen molar-refractivity contribution in [2.75, 3.05) is 0 Å². The number of nitrogens with one attached hydrogen (secondary N) is 1. The maximum Gasteiger partial charge on any atom is 0.416 e. The Labute approximate surface area is 199 Å². The minimum absolute atomic E-state index is 0.228. The molecule has 8 heteroatoms. The number of aromatic nitrogens is 1. The van der Waals surface area contributed by atoms with Crippen LogP contribution >= 0.6 is 0 Å². The number of amides is 1. The number of rotatable bonds is 7. The molecule has 1 aromatic heterocycles. The number of hydrogen-bond donors (Lipinski definition) is 1. The SMILES string of the molecule is O=COc1ccc(C2(NC(=O)c3cccc4ccn(Cc5ccc(C(F)(F)F)cc5)c34)CC2)cc1. The van der Waals surface area contributed by atoms with Crippen LogP contribution in [0.4, 0.5) is 13.2 Å². The van der Waals surface area contributed by atoms with E-state index in [2.05, 4.69) is 5.32 Å². The molecule has 1 fully saturated rings. The van der Waals surface area contributed by atoms with Crippen molar-refractivity contribution in [3.8, 4) is 5.75 Å². The van der Waals surface area contributed by atoms with Gasteiger partial charge in [0.25, 0.3) is 12.4 Å². The smallest absolute Gasteiger partial charge is 0.416 e. The van der Waals surface area contributed by atoms with Crippen molar-refractivity contribution in [1.82, 2.24) is 9.88 Å². The van der Waals surface area contributed by atoms with Gasteiger partial charge < -0.3 is 14.6 Å². The van der Waals surface area contributed by atoms with Crippen LogP contribution in [-0.4, -0.2) is 16.9 Å². The minimum Gasteiger partial charge on any atom is -0.429 e. The average Bonchev–Trinajstić information content (AvgIpc) is 3.51. The predicted molar refractivity (Wildman–Crippen MR) is 124 cm³/mol. The van der Waals surface area contributed by atoms with Crippen LogP contribution < -0.4 is 10.1 Å². The molecule has 0 spiro atoms. The van der Waals surface area contributed by atoms with E-state index >= 15 is 0 Å². The number of halogens is 3. The standard InChI is InChI=1S/C27H21F3N2O3/c28-27(29,30)21-6-4-18(5-7-21)16-32-15-12-19-2-1-3-23(24(19)32)25(34)31-26(13-14-26)20-8-10-22(11-9-20)35-17-33/h1-12,15,17H,13-14,16H2,(H,31,34). The monoisotopic (exact) mass is 478 g/mol. The summed E-state index contributed by atoms with van der Waals surface area (Å²) in [5, 5.41) is 4.03. The summed E-state index contributed by atoms with van der Waals surface area (Å²) in [6.07, 6.45) is -0.980. The third-order valence-corrected chi connectivity index (χ3v) is 6.36. The first kappa shape index (κ1) is 22.7. The summed E-state index contributed by atoms with van der Waals surface area (Å²) in [4.78, 5) is 23.9. The maximum atomic E-state index is 13.4. The summed E-state index contributed by atoms with van der Waals surface area (Å²) in [5.74, 6) is 0.199. The van der Waals surface area contributed by atoms with Gasteiger partial charge in [-0.15, -0.1) is 0 Å². The van der Waals surface area contributed by atoms with E-state index in [-0.39, 0.29) is 5.91 Å². The van der Waals surface area contributed by atoms with Crippen LogP contribution in [0.25, 0.3) is 10.9 Å². The fourth-order valence-corrected chi connectivity index (χ4v) is 4.38. The number of fused-ring (bicyclic) bond motifs is 1. The topological polar surface area (TPSA) is 60.3 Å². The average molecular weight is 478 g/mol. The molecule has 5 rings (SSSR count). The fourth-order valence-electron chi connectivity index (χ4n) is 4.38. The van der Waals surface area contributed by atoms with Crippen molar-refractivity contribution in [1.29, 1.82) is 0 Å². The number of hydrogen-bond acceptors (Lipinski definition) is 3. The van der Waals surface area contributed by atoms with Crippen LogP contribution in [-0.2, 0) is 23.1 Å². The van der Waals surface area contributed by atoms with Crippen LogP contribution in [0.2, 0.25) is 0 Å². The van der Waals surface area contributed by atoms with Crippen molar-refractivity contribution < 1.29 is 27.5 Å². The molecule has 178 valence electrons. The van der Waals surface area contributed by atoms with Crippen molar-refractivity contribution in [2.24, 2.45) is 0 Å². The molecule has 3 aromatic carbocycles. The lowest BCUT2D eigenvalue weighted by Crippen LogP contribution is -2.35. The highest BCUT2D eigenvalue weighted by molar-refractivity contribution is 6.06. The second-order valence-electron chi connectivity index (χ2n) is 8.66. The van der Waals surface area contributed by atoms with Crippen molar-refractivity contribution in [3.05, 3.63) is 101 Å². The summed E-state index contributed by atoms with van der Waals surface area (Å²) >= 11 is 0. The van der Waals surface area contributed by atoms with Gasteiger partial charge in [0, 0.05) is 18.1 Å². The molecule has 0 unspecified atom stereocenters. The van der Waals surface area contributed by atoms with E-state index < -0.39 is 17.3 Å². The normalized spacial score (nSPS) is 14.5. The first-order chi connectivity index (χ1) is 16.8. The Hall–Kier alpha value is -4.07. The molecule has 1 amide bonds. The summed E-state index contributed by atoms with van der Waals surface area (Å²) in [6.45, 7) is 0.694. The molecular formula is C27H21F3N2O3. The second-order valence-corrected chi connectivity index (χ2v) is 8.66. The van der Waals surface area contributed by atoms with Crippen molar-refractivity contribution in [2.45, 2.75) is 31.1 Å². The number of nitrogens with zero attached hydrogens (tertiary/aromatic N) is 1. The number of carbonyl (C=O) groups excluding carboxylic acids is 2. The molecule has 35 heavy (non-hydrogen) atoms.